The van der Waals surface area contributed by atoms with E-state index in [2.05, 4.69) is 4.98 Å². The van der Waals surface area contributed by atoms with Crippen LogP contribution < -0.4 is 59.1 Å². The fourth-order valence-electron chi connectivity index (χ4n) is 1.44. The number of aromatic nitrogens is 1. The summed E-state index contributed by atoms with van der Waals surface area (Å²) in [6.07, 6.45) is 0. The van der Waals surface area contributed by atoms with Crippen LogP contribution in [0.5, 0.6) is 0 Å². The third-order valence-electron chi connectivity index (χ3n) is 2.16. The fraction of sp³-hybridized carbons (Fsp3) is 0. The molecule has 0 bridgehead atoms. The van der Waals surface area contributed by atoms with Gasteiger partial charge in [-0.15, -0.1) is 0 Å². The van der Waals surface area contributed by atoms with Crippen LogP contribution in [0, 0.1) is 0 Å². The minimum absolute atomic E-state index is 0. The van der Waals surface area contributed by atoms with Crippen molar-refractivity contribution in [3.8, 4) is 0 Å². The van der Waals surface area contributed by atoms with Gasteiger partial charge in [-0.2, -0.15) is 0 Å². The monoisotopic (exact) mass is 333 g/mol. The van der Waals surface area contributed by atoms with Gasteiger partial charge in [0.1, 0.15) is 20.2 Å². The molecular formula is C9H5NNa2O6S2. The van der Waals surface area contributed by atoms with Crippen molar-refractivity contribution in [2.45, 2.75) is 9.92 Å². The summed E-state index contributed by atoms with van der Waals surface area (Å²) in [6, 6.07) is 6.75. The summed E-state index contributed by atoms with van der Waals surface area (Å²) in [5.41, 5.74) is 0.110. The zero-order valence-electron chi connectivity index (χ0n) is 10.6. The van der Waals surface area contributed by atoms with E-state index in [1.165, 1.54) is 18.2 Å². The third-order valence-corrected chi connectivity index (χ3v) is 3.93. The summed E-state index contributed by atoms with van der Waals surface area (Å²) < 4.78 is 65.6. The Balaban J connectivity index is 0.00000180. The number of hydrogen-bond acceptors (Lipinski definition) is 7. The van der Waals surface area contributed by atoms with Crippen LogP contribution in [0.25, 0.3) is 10.9 Å². The first-order valence-electron chi connectivity index (χ1n) is 4.51. The fourth-order valence-corrected chi connectivity index (χ4v) is 3.10. The van der Waals surface area contributed by atoms with Gasteiger partial charge in [0.25, 0.3) is 0 Å². The predicted molar refractivity (Wildman–Crippen MR) is 57.7 cm³/mol. The second-order valence-corrected chi connectivity index (χ2v) is 6.04. The van der Waals surface area contributed by atoms with Crippen molar-refractivity contribution in [2.24, 2.45) is 0 Å². The standard InChI is InChI=1S/C9H7NO6S2.2Na/c11-17(12,13)8-5-6-3-1-2-4-7(6)10-9(8)18(14,15)16;;/h1-5H,(H,11,12,13)(H,14,15,16);;/q;2*+1/p-2. The van der Waals surface area contributed by atoms with Gasteiger partial charge < -0.3 is 9.11 Å². The number of nitrogens with zero attached hydrogens (tertiary/aromatic N) is 1. The number of benzene rings is 1. The molecule has 0 unspecified atom stereocenters. The van der Waals surface area contributed by atoms with Gasteiger partial charge in [0.05, 0.1) is 10.4 Å². The molecule has 0 radical (unpaired) electrons. The summed E-state index contributed by atoms with van der Waals surface area (Å²) in [6.45, 7) is 0. The molecule has 7 nitrogen and oxygen atoms in total. The molecule has 96 valence electrons. The normalized spacial score (nSPS) is 11.5. The number of rotatable bonds is 2. The molecule has 0 spiro atoms. The average Bonchev–Trinajstić information content (AvgIpc) is 2.25. The van der Waals surface area contributed by atoms with Gasteiger partial charge >= 0.3 is 59.1 Å². The Labute approximate surface area is 159 Å². The molecule has 0 amide bonds. The van der Waals surface area contributed by atoms with Crippen molar-refractivity contribution in [3.05, 3.63) is 30.3 Å². The first-order chi connectivity index (χ1) is 8.19. The van der Waals surface area contributed by atoms with Crippen LogP contribution in [0.3, 0.4) is 0 Å². The van der Waals surface area contributed by atoms with Crippen molar-refractivity contribution in [3.63, 3.8) is 0 Å². The van der Waals surface area contributed by atoms with Crippen LogP contribution in [0.4, 0.5) is 0 Å². The van der Waals surface area contributed by atoms with Crippen molar-refractivity contribution in [2.75, 3.05) is 0 Å². The van der Waals surface area contributed by atoms with Gasteiger partial charge in [0.2, 0.25) is 0 Å². The maximum Gasteiger partial charge on any atom is 1.00 e. The molecule has 2 rings (SSSR count). The Morgan fingerprint density at radius 3 is 1.95 bits per heavy atom. The molecule has 0 N–H and O–H groups in total. The molecule has 0 saturated carbocycles. The summed E-state index contributed by atoms with van der Waals surface area (Å²) in [5, 5.41) is -1.02. The smallest absolute Gasteiger partial charge is 0.744 e. The molecule has 0 aliphatic rings. The van der Waals surface area contributed by atoms with Crippen molar-refractivity contribution < 1.29 is 85.1 Å². The molecule has 1 aromatic carbocycles. The summed E-state index contributed by atoms with van der Waals surface area (Å²) in [7, 11) is -10.2. The predicted octanol–water partition coefficient (Wildman–Crippen LogP) is -5.95. The Morgan fingerprint density at radius 2 is 1.45 bits per heavy atom. The second kappa shape index (κ2) is 7.14. The van der Waals surface area contributed by atoms with E-state index in [0.29, 0.717) is 0 Å². The number of para-hydroxylation sites is 1. The zero-order chi connectivity index (χ0) is 13.6. The van der Waals surface area contributed by atoms with E-state index in [-0.39, 0.29) is 70.0 Å². The summed E-state index contributed by atoms with van der Waals surface area (Å²) >= 11 is 0. The number of hydrogen-bond donors (Lipinski definition) is 0. The maximum absolute atomic E-state index is 10.9. The SMILES string of the molecule is O=S(=O)([O-])c1cc2ccccc2nc1S(=O)(=O)[O-].[Na+].[Na+]. The molecule has 0 aliphatic heterocycles. The maximum atomic E-state index is 10.9. The van der Waals surface area contributed by atoms with Gasteiger partial charge in [0.15, 0.2) is 5.03 Å². The molecule has 20 heavy (non-hydrogen) atoms. The van der Waals surface area contributed by atoms with Crippen LogP contribution in [0.2, 0.25) is 0 Å². The van der Waals surface area contributed by atoms with Crippen molar-refractivity contribution in [1.29, 1.82) is 0 Å². The van der Waals surface area contributed by atoms with E-state index in [1.807, 2.05) is 0 Å². The number of fused-ring (bicyclic) bond motifs is 1. The van der Waals surface area contributed by atoms with Gasteiger partial charge in [-0.3, -0.25) is 0 Å². The topological polar surface area (TPSA) is 127 Å². The molecular weight excluding hydrogens is 328 g/mol. The van der Waals surface area contributed by atoms with Crippen LogP contribution in [0.1, 0.15) is 0 Å². The number of pyridine rings is 1. The van der Waals surface area contributed by atoms with Gasteiger partial charge in [-0.05, 0) is 12.1 Å². The Morgan fingerprint density at radius 1 is 0.900 bits per heavy atom. The van der Waals surface area contributed by atoms with E-state index >= 15 is 0 Å². The molecule has 0 fully saturated rings. The Kier molecular flexibility index (Phi) is 7.30. The van der Waals surface area contributed by atoms with Gasteiger partial charge in [0, 0.05) is 5.39 Å². The minimum atomic E-state index is -5.15. The molecule has 2 aromatic rings. The first kappa shape index (κ1) is 20.5. The van der Waals surface area contributed by atoms with Crippen LogP contribution in [0.15, 0.2) is 40.3 Å². The van der Waals surface area contributed by atoms with Crippen molar-refractivity contribution >= 4 is 31.1 Å². The summed E-state index contributed by atoms with van der Waals surface area (Å²) in [4.78, 5) is 2.30. The van der Waals surface area contributed by atoms with E-state index in [4.69, 9.17) is 0 Å². The molecule has 1 heterocycles. The van der Waals surface area contributed by atoms with Crippen LogP contribution in [-0.2, 0) is 20.2 Å². The zero-order valence-corrected chi connectivity index (χ0v) is 16.2. The molecule has 0 aliphatic carbocycles. The Hall–Kier alpha value is 0.450. The minimum Gasteiger partial charge on any atom is -0.744 e. The molecule has 0 saturated heterocycles. The largest absolute Gasteiger partial charge is 1.00 e. The second-order valence-electron chi connectivity index (χ2n) is 3.39. The quantitative estimate of drug-likeness (QED) is 0.395. The molecule has 0 atom stereocenters. The molecule has 1 aromatic heterocycles. The van der Waals surface area contributed by atoms with E-state index < -0.39 is 30.2 Å². The van der Waals surface area contributed by atoms with Crippen molar-refractivity contribution in [1.82, 2.24) is 4.98 Å². The van der Waals surface area contributed by atoms with Crippen LogP contribution >= 0.6 is 0 Å². The third kappa shape index (κ3) is 4.47. The van der Waals surface area contributed by atoms with E-state index in [1.54, 1.807) is 6.07 Å². The molecule has 11 heteroatoms. The van der Waals surface area contributed by atoms with Gasteiger partial charge in [-0.25, -0.2) is 21.8 Å². The Bertz CT molecular complexity index is 764. The first-order valence-corrected chi connectivity index (χ1v) is 7.33. The van der Waals surface area contributed by atoms with Crippen LogP contribution in [-0.4, -0.2) is 30.9 Å². The summed E-state index contributed by atoms with van der Waals surface area (Å²) in [5.74, 6) is 0. The average molecular weight is 333 g/mol. The van der Waals surface area contributed by atoms with E-state index in [0.717, 1.165) is 6.07 Å². The van der Waals surface area contributed by atoms with Gasteiger partial charge in [-0.1, -0.05) is 18.2 Å². The van der Waals surface area contributed by atoms with E-state index in [9.17, 15) is 25.9 Å².